The van der Waals surface area contributed by atoms with Gasteiger partial charge in [0, 0.05) is 16.1 Å². The second kappa shape index (κ2) is 13.0. The lowest BCUT2D eigenvalue weighted by Gasteiger charge is -2.42. The molecule has 4 aromatic rings. The predicted molar refractivity (Wildman–Crippen MR) is 154 cm³/mol. The van der Waals surface area contributed by atoms with Crippen molar-refractivity contribution in [3.8, 4) is 0 Å². The van der Waals surface area contributed by atoms with Crippen LogP contribution in [0.15, 0.2) is 121 Å². The Hall–Kier alpha value is -2.48. The van der Waals surface area contributed by atoms with E-state index >= 15 is 0 Å². The molecule has 0 heterocycles. The summed E-state index contributed by atoms with van der Waals surface area (Å²) in [6.07, 6.45) is 2.62. The van der Waals surface area contributed by atoms with Crippen LogP contribution in [0.2, 0.25) is 0 Å². The van der Waals surface area contributed by atoms with E-state index in [4.69, 9.17) is 0 Å². The van der Waals surface area contributed by atoms with Gasteiger partial charge in [0.1, 0.15) is 6.04 Å². The summed E-state index contributed by atoms with van der Waals surface area (Å²) in [5.74, 6) is 0.0187. The first-order valence-electron chi connectivity index (χ1n) is 11.5. The zero-order valence-electron chi connectivity index (χ0n) is 19.6. The van der Waals surface area contributed by atoms with E-state index < -0.39 is 28.2 Å². The average molecular weight is 518 g/mol. The Balaban J connectivity index is 2.00. The molecular formula is C29H29NO2P2S. The molecule has 1 N–H and O–H groups in total. The van der Waals surface area contributed by atoms with Crippen molar-refractivity contribution in [2.24, 2.45) is 0 Å². The van der Waals surface area contributed by atoms with Crippen molar-refractivity contribution in [2.75, 3.05) is 12.0 Å². The first-order valence-corrected chi connectivity index (χ1v) is 15.5. The molecule has 6 heteroatoms. The zero-order chi connectivity index (χ0) is 24.5. The maximum absolute atomic E-state index is 13.0. The topological polar surface area (TPSA) is 40.5 Å². The van der Waals surface area contributed by atoms with Crippen LogP contribution in [0, 0.1) is 0 Å². The molecule has 4 aromatic carbocycles. The van der Waals surface area contributed by atoms with E-state index in [1.165, 1.54) is 0 Å². The van der Waals surface area contributed by atoms with Crippen LogP contribution in [0.25, 0.3) is 0 Å². The summed E-state index contributed by atoms with van der Waals surface area (Å²) in [4.78, 5) is 13.0. The fourth-order valence-corrected chi connectivity index (χ4v) is 10.7. The first-order chi connectivity index (χ1) is 17.2. The largest absolute Gasteiger partial charge is 0.480 e. The molecule has 0 aromatic heterocycles. The van der Waals surface area contributed by atoms with Gasteiger partial charge in [0.15, 0.2) is 0 Å². The van der Waals surface area contributed by atoms with Gasteiger partial charge in [-0.3, -0.25) is 4.79 Å². The molecule has 0 aliphatic carbocycles. The third-order valence-electron chi connectivity index (χ3n) is 5.57. The monoisotopic (exact) mass is 517 g/mol. The molecule has 3 nitrogen and oxygen atoms in total. The molecule has 0 fully saturated rings. The number of nitrogens with zero attached hydrogens (tertiary/aromatic N) is 1. The van der Waals surface area contributed by atoms with Crippen molar-refractivity contribution in [3.63, 3.8) is 0 Å². The van der Waals surface area contributed by atoms with Gasteiger partial charge in [-0.1, -0.05) is 121 Å². The molecule has 0 unspecified atom stereocenters. The highest BCUT2D eigenvalue weighted by atomic mass is 32.2. The number of hydrogen-bond donors (Lipinski definition) is 1. The van der Waals surface area contributed by atoms with Crippen LogP contribution in [-0.2, 0) is 4.79 Å². The van der Waals surface area contributed by atoms with Gasteiger partial charge in [-0.2, -0.15) is 11.8 Å². The van der Waals surface area contributed by atoms with Crippen molar-refractivity contribution < 1.29 is 9.90 Å². The van der Waals surface area contributed by atoms with Gasteiger partial charge < -0.3 is 5.11 Å². The number of aliphatic carboxylic acids is 1. The summed E-state index contributed by atoms with van der Waals surface area (Å²) in [6.45, 7) is 0. The van der Waals surface area contributed by atoms with Crippen LogP contribution >= 0.6 is 27.9 Å². The maximum atomic E-state index is 13.0. The summed E-state index contributed by atoms with van der Waals surface area (Å²) in [5, 5.41) is 15.2. The number of hydrogen-bond acceptors (Lipinski definition) is 3. The molecule has 178 valence electrons. The van der Waals surface area contributed by atoms with Gasteiger partial charge in [0.2, 0.25) is 0 Å². The minimum Gasteiger partial charge on any atom is -0.480 e. The lowest BCUT2D eigenvalue weighted by molar-refractivity contribution is -0.140. The van der Waals surface area contributed by atoms with Gasteiger partial charge in [-0.15, -0.1) is 0 Å². The van der Waals surface area contributed by atoms with Crippen LogP contribution in [0.4, 0.5) is 0 Å². The number of rotatable bonds is 11. The van der Waals surface area contributed by atoms with Crippen LogP contribution in [0.5, 0.6) is 0 Å². The Morgan fingerprint density at radius 2 is 1.00 bits per heavy atom. The average Bonchev–Trinajstić information content (AvgIpc) is 2.91. The number of thioether (sulfide) groups is 1. The van der Waals surface area contributed by atoms with Crippen LogP contribution < -0.4 is 21.2 Å². The highest BCUT2D eigenvalue weighted by Gasteiger charge is 2.39. The second-order valence-electron chi connectivity index (χ2n) is 7.92. The summed E-state index contributed by atoms with van der Waals surface area (Å²) in [5.41, 5.74) is 0. The first kappa shape index (κ1) is 25.6. The minimum atomic E-state index is -1.12. The van der Waals surface area contributed by atoms with Gasteiger partial charge >= 0.3 is 5.97 Å². The molecule has 0 bridgehead atoms. The minimum absolute atomic E-state index is 0.577. The SMILES string of the molecule is CSCC[C@@H](C(=O)O)N(P(c1ccccc1)c1ccccc1)P(c1ccccc1)c1ccccc1. The smallest absolute Gasteiger partial charge is 0.321 e. The Labute approximate surface area is 214 Å². The fourth-order valence-electron chi connectivity index (χ4n) is 3.98. The standard InChI is InChI=1S/C29H29NO2P2S/c1-35-23-22-28(29(31)32)30(33(24-14-6-2-7-15-24)25-16-8-3-9-17-25)34(26-18-10-4-11-19-26)27-20-12-5-13-21-27/h2-21,28H,22-23H2,1H3,(H,31,32)/t28-/m0/s1. The van der Waals surface area contributed by atoms with E-state index in [0.29, 0.717) is 6.42 Å². The fraction of sp³-hybridized carbons (Fsp3) is 0.138. The van der Waals surface area contributed by atoms with Crippen molar-refractivity contribution >= 4 is 55.1 Å². The van der Waals surface area contributed by atoms with Gasteiger partial charge in [0.05, 0.1) is 0 Å². The molecule has 4 rings (SSSR count). The van der Waals surface area contributed by atoms with E-state index in [9.17, 15) is 9.90 Å². The molecule has 0 radical (unpaired) electrons. The summed E-state index contributed by atoms with van der Waals surface area (Å²) in [7, 11) is -2.23. The summed E-state index contributed by atoms with van der Waals surface area (Å²) < 4.78 is 2.35. The van der Waals surface area contributed by atoms with E-state index in [0.717, 1.165) is 27.0 Å². The Morgan fingerprint density at radius 3 is 1.26 bits per heavy atom. The van der Waals surface area contributed by atoms with Gasteiger partial charge in [-0.05, 0) is 39.6 Å². The summed E-state index contributed by atoms with van der Waals surface area (Å²) >= 11 is 1.70. The van der Waals surface area contributed by atoms with E-state index in [2.05, 4.69) is 102 Å². The molecule has 0 spiro atoms. The Kier molecular flexibility index (Phi) is 9.51. The second-order valence-corrected chi connectivity index (χ2v) is 13.4. The number of carbonyl (C=O) groups is 1. The quantitative estimate of drug-likeness (QED) is 0.263. The molecule has 0 aliphatic rings. The van der Waals surface area contributed by atoms with Crippen molar-refractivity contribution in [1.82, 2.24) is 4.44 Å². The van der Waals surface area contributed by atoms with Crippen molar-refractivity contribution in [2.45, 2.75) is 12.5 Å². The molecule has 1 atom stereocenters. The molecule has 0 aliphatic heterocycles. The van der Waals surface area contributed by atoms with Crippen molar-refractivity contribution in [1.29, 1.82) is 0 Å². The van der Waals surface area contributed by atoms with Gasteiger partial charge in [0.25, 0.3) is 0 Å². The van der Waals surface area contributed by atoms with Crippen LogP contribution in [0.3, 0.4) is 0 Å². The number of carboxylic acid groups (broad SMARTS) is 1. The zero-order valence-corrected chi connectivity index (χ0v) is 22.2. The molecule has 35 heavy (non-hydrogen) atoms. The Bertz CT molecular complexity index is 1020. The van der Waals surface area contributed by atoms with E-state index in [1.54, 1.807) is 11.8 Å². The predicted octanol–water partition coefficient (Wildman–Crippen LogP) is 5.59. The highest BCUT2D eigenvalue weighted by molar-refractivity contribution is 7.98. The maximum Gasteiger partial charge on any atom is 0.321 e. The number of carboxylic acids is 1. The lowest BCUT2D eigenvalue weighted by atomic mass is 10.2. The van der Waals surface area contributed by atoms with E-state index in [1.807, 2.05) is 30.5 Å². The lowest BCUT2D eigenvalue weighted by Crippen LogP contribution is -2.42. The highest BCUT2D eigenvalue weighted by Crippen LogP contribution is 2.56. The molecule has 0 saturated heterocycles. The normalized spacial score (nSPS) is 12.2. The van der Waals surface area contributed by atoms with Gasteiger partial charge in [-0.25, -0.2) is 4.44 Å². The van der Waals surface area contributed by atoms with Crippen LogP contribution in [-0.4, -0.2) is 33.6 Å². The molecule has 0 saturated carbocycles. The third-order valence-corrected chi connectivity index (χ3v) is 11.8. The molecular weight excluding hydrogens is 488 g/mol. The van der Waals surface area contributed by atoms with Crippen LogP contribution in [0.1, 0.15) is 6.42 Å². The number of benzene rings is 4. The third kappa shape index (κ3) is 6.40. The molecule has 0 amide bonds. The van der Waals surface area contributed by atoms with E-state index in [-0.39, 0.29) is 0 Å². The Morgan fingerprint density at radius 1 is 0.686 bits per heavy atom. The van der Waals surface area contributed by atoms with Crippen molar-refractivity contribution in [3.05, 3.63) is 121 Å². The summed E-state index contributed by atoms with van der Waals surface area (Å²) in [6, 6.07) is 41.0.